The highest BCUT2D eigenvalue weighted by Gasteiger charge is 2.33. The summed E-state index contributed by atoms with van der Waals surface area (Å²) in [7, 11) is 0. The molecule has 1 heterocycles. The van der Waals surface area contributed by atoms with Crippen LogP contribution in [0.1, 0.15) is 16.1 Å². The van der Waals surface area contributed by atoms with Crippen LogP contribution < -0.4 is 4.74 Å². The van der Waals surface area contributed by atoms with Gasteiger partial charge >= 0.3 is 12.1 Å². The van der Waals surface area contributed by atoms with Crippen molar-refractivity contribution in [1.82, 2.24) is 10.2 Å². The van der Waals surface area contributed by atoms with Crippen molar-refractivity contribution in [3.63, 3.8) is 0 Å². The van der Waals surface area contributed by atoms with Crippen LogP contribution in [0.2, 0.25) is 0 Å². The number of rotatable bonds is 3. The predicted octanol–water partition coefficient (Wildman–Crippen LogP) is 3.59. The Morgan fingerprint density at radius 2 is 1.90 bits per heavy atom. The number of carboxylic acid groups (broad SMARTS) is 1. The van der Waals surface area contributed by atoms with E-state index in [4.69, 9.17) is 9.84 Å². The molecule has 0 aliphatic rings. The van der Waals surface area contributed by atoms with Crippen molar-refractivity contribution in [3.8, 4) is 11.6 Å². The second kappa shape index (κ2) is 5.84. The SMILES string of the molecule is O=C(O)c1cc(I)ccc1Oc1ccc(C(F)(F)F)nn1. The monoisotopic (exact) mass is 410 g/mol. The summed E-state index contributed by atoms with van der Waals surface area (Å²) in [5, 5.41) is 15.3. The van der Waals surface area contributed by atoms with Crippen LogP contribution >= 0.6 is 22.6 Å². The van der Waals surface area contributed by atoms with Gasteiger partial charge < -0.3 is 9.84 Å². The molecule has 0 fully saturated rings. The highest BCUT2D eigenvalue weighted by Crippen LogP contribution is 2.29. The summed E-state index contributed by atoms with van der Waals surface area (Å²) in [5.41, 5.74) is -1.28. The topological polar surface area (TPSA) is 72.3 Å². The summed E-state index contributed by atoms with van der Waals surface area (Å²) in [6.45, 7) is 0. The Balaban J connectivity index is 2.28. The first-order valence-corrected chi connectivity index (χ1v) is 6.47. The van der Waals surface area contributed by atoms with Gasteiger partial charge in [0.25, 0.3) is 0 Å². The smallest absolute Gasteiger partial charge is 0.435 e. The van der Waals surface area contributed by atoms with Crippen LogP contribution in [-0.2, 0) is 6.18 Å². The molecular formula is C12H6F3IN2O3. The normalized spacial score (nSPS) is 11.2. The number of hydrogen-bond donors (Lipinski definition) is 1. The van der Waals surface area contributed by atoms with Crippen molar-refractivity contribution in [1.29, 1.82) is 0 Å². The van der Waals surface area contributed by atoms with Gasteiger partial charge in [-0.15, -0.1) is 10.2 Å². The van der Waals surface area contributed by atoms with Crippen LogP contribution in [0.5, 0.6) is 11.6 Å². The molecule has 0 radical (unpaired) electrons. The minimum atomic E-state index is -4.60. The number of ether oxygens (including phenoxy) is 1. The Bertz CT molecular complexity index is 674. The quantitative estimate of drug-likeness (QED) is 0.784. The second-order valence-electron chi connectivity index (χ2n) is 3.80. The molecule has 1 aromatic heterocycles. The van der Waals surface area contributed by atoms with Crippen molar-refractivity contribution < 1.29 is 27.8 Å². The number of halogens is 4. The van der Waals surface area contributed by atoms with Gasteiger partial charge in [0.05, 0.1) is 0 Å². The third kappa shape index (κ3) is 3.80. The summed E-state index contributed by atoms with van der Waals surface area (Å²) in [5.74, 6) is -1.48. The van der Waals surface area contributed by atoms with E-state index in [1.807, 2.05) is 22.6 Å². The molecule has 1 N–H and O–H groups in total. The van der Waals surface area contributed by atoms with Gasteiger partial charge in [0.1, 0.15) is 11.3 Å². The average molecular weight is 410 g/mol. The van der Waals surface area contributed by atoms with Crippen molar-refractivity contribution in [3.05, 3.63) is 45.2 Å². The van der Waals surface area contributed by atoms with Crippen molar-refractivity contribution in [2.24, 2.45) is 0 Å². The number of nitrogens with zero attached hydrogens (tertiary/aromatic N) is 2. The fraction of sp³-hybridized carbons (Fsp3) is 0.0833. The third-order valence-electron chi connectivity index (χ3n) is 2.32. The van der Waals surface area contributed by atoms with Gasteiger partial charge in [-0.1, -0.05) is 0 Å². The maximum absolute atomic E-state index is 12.3. The lowest BCUT2D eigenvalue weighted by Gasteiger charge is -2.09. The maximum Gasteiger partial charge on any atom is 0.435 e. The lowest BCUT2D eigenvalue weighted by molar-refractivity contribution is -0.141. The first-order chi connectivity index (χ1) is 9.77. The molecule has 110 valence electrons. The average Bonchev–Trinajstić information content (AvgIpc) is 2.40. The van der Waals surface area contributed by atoms with Gasteiger partial charge in [-0.3, -0.25) is 0 Å². The van der Waals surface area contributed by atoms with E-state index in [1.165, 1.54) is 12.1 Å². The number of aromatic carboxylic acids is 1. The lowest BCUT2D eigenvalue weighted by atomic mass is 10.2. The molecule has 0 aliphatic heterocycles. The van der Waals surface area contributed by atoms with Crippen molar-refractivity contribution >= 4 is 28.6 Å². The molecule has 0 aliphatic carbocycles. The minimum absolute atomic E-state index is 0.0306. The molecule has 0 amide bonds. The number of hydrogen-bond acceptors (Lipinski definition) is 4. The molecule has 21 heavy (non-hydrogen) atoms. The van der Waals surface area contributed by atoms with E-state index in [9.17, 15) is 18.0 Å². The van der Waals surface area contributed by atoms with E-state index in [1.54, 1.807) is 6.07 Å². The zero-order valence-electron chi connectivity index (χ0n) is 10.1. The van der Waals surface area contributed by atoms with Gasteiger partial charge in [0.2, 0.25) is 5.88 Å². The molecule has 0 saturated carbocycles. The molecule has 0 bridgehead atoms. The van der Waals surface area contributed by atoms with Crippen LogP contribution in [0.4, 0.5) is 13.2 Å². The minimum Gasteiger partial charge on any atom is -0.478 e. The summed E-state index contributed by atoms with van der Waals surface area (Å²) in [6, 6.07) is 6.04. The Kier molecular flexibility index (Phi) is 4.30. The van der Waals surface area contributed by atoms with Gasteiger partial charge in [-0.25, -0.2) is 4.79 Å². The molecule has 5 nitrogen and oxygen atoms in total. The third-order valence-corrected chi connectivity index (χ3v) is 2.99. The molecule has 1 aromatic carbocycles. The number of alkyl halides is 3. The molecule has 0 spiro atoms. The molecule has 9 heteroatoms. The molecule has 2 rings (SSSR count). The van der Waals surface area contributed by atoms with Crippen LogP contribution in [-0.4, -0.2) is 21.3 Å². The molecule has 0 unspecified atom stereocenters. The number of carboxylic acids is 1. The number of aromatic nitrogens is 2. The summed E-state index contributed by atoms with van der Waals surface area (Å²) >= 11 is 1.93. The van der Waals surface area contributed by atoms with E-state index in [2.05, 4.69) is 10.2 Å². The highest BCUT2D eigenvalue weighted by atomic mass is 127. The zero-order chi connectivity index (χ0) is 15.6. The Hall–Kier alpha value is -1.91. The largest absolute Gasteiger partial charge is 0.478 e. The Morgan fingerprint density at radius 1 is 1.19 bits per heavy atom. The van der Waals surface area contributed by atoms with Crippen LogP contribution in [0.15, 0.2) is 30.3 Å². The molecular weight excluding hydrogens is 404 g/mol. The Labute approximate surface area is 129 Å². The van der Waals surface area contributed by atoms with Gasteiger partial charge in [0, 0.05) is 9.64 Å². The summed E-state index contributed by atoms with van der Waals surface area (Å²) < 4.78 is 42.9. The standard InChI is InChI=1S/C12H6F3IN2O3/c13-12(14,15)9-3-4-10(18-17-9)21-8-2-1-6(16)5-7(8)11(19)20/h1-5H,(H,19,20). The van der Waals surface area contributed by atoms with Gasteiger partial charge in [-0.05, 0) is 46.9 Å². The van der Waals surface area contributed by atoms with Crippen LogP contribution in [0.25, 0.3) is 0 Å². The molecule has 0 atom stereocenters. The maximum atomic E-state index is 12.3. The number of carbonyl (C=O) groups is 1. The lowest BCUT2D eigenvalue weighted by Crippen LogP contribution is -2.09. The van der Waals surface area contributed by atoms with Gasteiger partial charge in [-0.2, -0.15) is 13.2 Å². The zero-order valence-corrected chi connectivity index (χ0v) is 12.2. The predicted molar refractivity (Wildman–Crippen MR) is 73.2 cm³/mol. The fourth-order valence-corrected chi connectivity index (χ4v) is 1.89. The van der Waals surface area contributed by atoms with Crippen LogP contribution in [0.3, 0.4) is 0 Å². The summed E-state index contributed by atoms with van der Waals surface area (Å²) in [4.78, 5) is 11.1. The van der Waals surface area contributed by atoms with E-state index < -0.39 is 17.8 Å². The highest BCUT2D eigenvalue weighted by molar-refractivity contribution is 14.1. The first kappa shape index (κ1) is 15.5. The molecule has 0 saturated heterocycles. The summed E-state index contributed by atoms with van der Waals surface area (Å²) in [6.07, 6.45) is -4.60. The van der Waals surface area contributed by atoms with Gasteiger partial charge in [0.15, 0.2) is 5.69 Å². The number of benzene rings is 1. The van der Waals surface area contributed by atoms with E-state index in [0.717, 1.165) is 6.07 Å². The fourth-order valence-electron chi connectivity index (χ4n) is 1.40. The van der Waals surface area contributed by atoms with E-state index in [0.29, 0.717) is 9.64 Å². The Morgan fingerprint density at radius 3 is 2.43 bits per heavy atom. The van der Waals surface area contributed by atoms with Crippen LogP contribution in [0, 0.1) is 3.57 Å². The first-order valence-electron chi connectivity index (χ1n) is 5.39. The van der Waals surface area contributed by atoms with E-state index >= 15 is 0 Å². The van der Waals surface area contributed by atoms with E-state index in [-0.39, 0.29) is 17.2 Å². The van der Waals surface area contributed by atoms with Crippen molar-refractivity contribution in [2.75, 3.05) is 0 Å². The second-order valence-corrected chi connectivity index (χ2v) is 5.05. The molecule has 2 aromatic rings. The van der Waals surface area contributed by atoms with Crippen molar-refractivity contribution in [2.45, 2.75) is 6.18 Å².